The highest BCUT2D eigenvalue weighted by molar-refractivity contribution is 5.79. The van der Waals surface area contributed by atoms with Crippen LogP contribution in [-0.4, -0.2) is 35.4 Å². The number of hydrogen-bond acceptors (Lipinski definition) is 5. The molecule has 5 nitrogen and oxygen atoms in total. The largest absolute Gasteiger partial charge is 0.385 e. The Morgan fingerprint density at radius 3 is 2.04 bits per heavy atom. The number of nitrogens with zero attached hydrogens (tertiary/aromatic N) is 1. The first-order valence-electron chi connectivity index (χ1n) is 8.39. The van der Waals surface area contributed by atoms with Crippen LogP contribution in [-0.2, 0) is 19.9 Å². The van der Waals surface area contributed by atoms with Gasteiger partial charge in [0.1, 0.15) is 5.78 Å². The van der Waals surface area contributed by atoms with Crippen LogP contribution in [0.4, 0.5) is 0 Å². The molecule has 0 saturated heterocycles. The maximum atomic E-state index is 11.1. The summed E-state index contributed by atoms with van der Waals surface area (Å²) in [5.74, 6) is 0.253. The highest BCUT2D eigenvalue weighted by Gasteiger charge is 2.33. The molecular formula is C19H31NO4. The van der Waals surface area contributed by atoms with E-state index in [0.29, 0.717) is 25.7 Å². The van der Waals surface area contributed by atoms with Gasteiger partial charge < -0.3 is 14.6 Å². The van der Waals surface area contributed by atoms with Crippen molar-refractivity contribution in [2.24, 2.45) is 0 Å². The predicted octanol–water partition coefficient (Wildman–Crippen LogP) is 3.62. The van der Waals surface area contributed by atoms with Crippen LogP contribution in [0.25, 0.3) is 0 Å². The van der Waals surface area contributed by atoms with Crippen molar-refractivity contribution in [3.63, 3.8) is 0 Å². The zero-order valence-corrected chi connectivity index (χ0v) is 15.2. The second-order valence-electron chi connectivity index (χ2n) is 5.28. The van der Waals surface area contributed by atoms with Gasteiger partial charge >= 0.3 is 0 Å². The van der Waals surface area contributed by atoms with E-state index in [0.717, 1.165) is 18.8 Å². The van der Waals surface area contributed by atoms with Crippen LogP contribution >= 0.6 is 0 Å². The molecule has 2 rings (SSSR count). The van der Waals surface area contributed by atoms with Gasteiger partial charge in [-0.05, 0) is 51.3 Å². The lowest BCUT2D eigenvalue weighted by atomic mass is 9.79. The Hall–Kier alpha value is -1.56. The van der Waals surface area contributed by atoms with Gasteiger partial charge in [-0.25, -0.2) is 0 Å². The van der Waals surface area contributed by atoms with Crippen LogP contribution in [0, 0.1) is 0 Å². The maximum absolute atomic E-state index is 11.1. The summed E-state index contributed by atoms with van der Waals surface area (Å²) in [5.41, 5.74) is 0.0663. The molecule has 1 N–H and O–H groups in total. The molecule has 0 radical (unpaired) electrons. The van der Waals surface area contributed by atoms with E-state index in [9.17, 15) is 9.90 Å². The van der Waals surface area contributed by atoms with Crippen LogP contribution in [0.2, 0.25) is 0 Å². The molecule has 1 aliphatic rings. The van der Waals surface area contributed by atoms with Gasteiger partial charge in [0, 0.05) is 38.4 Å². The highest BCUT2D eigenvalue weighted by Crippen LogP contribution is 2.35. The third-order valence-electron chi connectivity index (χ3n) is 3.66. The standard InChI is InChI=1S/C11H13NO2.C6H14O2.C2H4/c13-10-1-5-11(14,6-2-10)9-3-7-12-8-4-9;1-4-7-6(3)8-5-2;1-2/h3-4,7-8,14H,1-2,5-6H2;6H,4-5H2,1-3H3;1-2H2. The molecular weight excluding hydrogens is 306 g/mol. The van der Waals surface area contributed by atoms with Gasteiger partial charge in [-0.1, -0.05) is 0 Å². The normalized spacial score (nSPS) is 15.8. The molecule has 1 aliphatic carbocycles. The number of carbonyl (C=O) groups excluding carboxylic acids is 1. The Morgan fingerprint density at radius 1 is 1.17 bits per heavy atom. The molecule has 1 aromatic rings. The highest BCUT2D eigenvalue weighted by atomic mass is 16.7. The minimum Gasteiger partial charge on any atom is -0.385 e. The van der Waals surface area contributed by atoms with Gasteiger partial charge in [0.15, 0.2) is 6.29 Å². The molecule has 0 unspecified atom stereocenters. The number of carbonyl (C=O) groups is 1. The van der Waals surface area contributed by atoms with Crippen molar-refractivity contribution in [1.29, 1.82) is 0 Å². The van der Waals surface area contributed by atoms with Crippen molar-refractivity contribution in [2.75, 3.05) is 13.2 Å². The van der Waals surface area contributed by atoms with E-state index in [-0.39, 0.29) is 12.1 Å². The summed E-state index contributed by atoms with van der Waals surface area (Å²) in [6.07, 6.45) is 5.35. The van der Waals surface area contributed by atoms with Crippen molar-refractivity contribution in [1.82, 2.24) is 4.98 Å². The van der Waals surface area contributed by atoms with Gasteiger partial charge in [0.05, 0.1) is 5.60 Å². The molecule has 24 heavy (non-hydrogen) atoms. The molecule has 0 atom stereocenters. The number of pyridine rings is 1. The lowest BCUT2D eigenvalue weighted by Gasteiger charge is -2.31. The maximum Gasteiger partial charge on any atom is 0.154 e. The molecule has 1 heterocycles. The van der Waals surface area contributed by atoms with Gasteiger partial charge in [-0.2, -0.15) is 0 Å². The van der Waals surface area contributed by atoms with E-state index in [4.69, 9.17) is 9.47 Å². The summed E-state index contributed by atoms with van der Waals surface area (Å²) in [5, 5.41) is 10.3. The number of rotatable bonds is 5. The number of hydrogen-bond donors (Lipinski definition) is 1. The number of ketones is 1. The summed E-state index contributed by atoms with van der Waals surface area (Å²) in [4.78, 5) is 15.0. The Bertz CT molecular complexity index is 434. The second kappa shape index (κ2) is 12.8. The number of aliphatic hydroxyl groups is 1. The molecule has 5 heteroatoms. The zero-order valence-electron chi connectivity index (χ0n) is 15.2. The number of aromatic nitrogens is 1. The zero-order chi connectivity index (χ0) is 18.4. The minimum atomic E-state index is -0.809. The fourth-order valence-corrected chi connectivity index (χ4v) is 2.41. The van der Waals surface area contributed by atoms with Crippen LogP contribution in [0.5, 0.6) is 0 Å². The smallest absolute Gasteiger partial charge is 0.154 e. The summed E-state index contributed by atoms with van der Waals surface area (Å²) in [7, 11) is 0. The molecule has 1 fully saturated rings. The first-order chi connectivity index (χ1) is 11.5. The van der Waals surface area contributed by atoms with Crippen LogP contribution in [0.1, 0.15) is 52.0 Å². The molecule has 1 saturated carbocycles. The van der Waals surface area contributed by atoms with Crippen molar-refractivity contribution in [3.8, 4) is 0 Å². The summed E-state index contributed by atoms with van der Waals surface area (Å²) in [6.45, 7) is 13.3. The number of ether oxygens (including phenoxy) is 2. The van der Waals surface area contributed by atoms with Crippen molar-refractivity contribution >= 4 is 5.78 Å². The molecule has 0 aromatic carbocycles. The fraction of sp³-hybridized carbons (Fsp3) is 0.579. The van der Waals surface area contributed by atoms with Crippen LogP contribution in [0.15, 0.2) is 37.7 Å². The van der Waals surface area contributed by atoms with E-state index >= 15 is 0 Å². The Kier molecular flexibility index (Phi) is 12.0. The Labute approximate surface area is 145 Å². The third-order valence-corrected chi connectivity index (χ3v) is 3.66. The topological polar surface area (TPSA) is 68.7 Å². The SMILES string of the molecule is C=C.CCOC(C)OCC.O=C1CCC(O)(c2ccncc2)CC1. The van der Waals surface area contributed by atoms with E-state index in [1.54, 1.807) is 12.4 Å². The first kappa shape index (κ1) is 22.4. The monoisotopic (exact) mass is 337 g/mol. The first-order valence-corrected chi connectivity index (χ1v) is 8.39. The Morgan fingerprint density at radius 2 is 1.62 bits per heavy atom. The lowest BCUT2D eigenvalue weighted by Crippen LogP contribution is -2.31. The molecule has 0 bridgehead atoms. The summed E-state index contributed by atoms with van der Waals surface area (Å²) in [6, 6.07) is 3.63. The van der Waals surface area contributed by atoms with Crippen molar-refractivity contribution < 1.29 is 19.4 Å². The van der Waals surface area contributed by atoms with Crippen LogP contribution < -0.4 is 0 Å². The van der Waals surface area contributed by atoms with Crippen molar-refractivity contribution in [3.05, 3.63) is 43.2 Å². The molecule has 0 spiro atoms. The van der Waals surface area contributed by atoms with Gasteiger partial charge in [0.2, 0.25) is 0 Å². The summed E-state index contributed by atoms with van der Waals surface area (Å²) >= 11 is 0. The quantitative estimate of drug-likeness (QED) is 0.656. The van der Waals surface area contributed by atoms with Gasteiger partial charge in [0.25, 0.3) is 0 Å². The Balaban J connectivity index is 0.000000456. The van der Waals surface area contributed by atoms with Crippen molar-refractivity contribution in [2.45, 2.75) is 58.3 Å². The van der Waals surface area contributed by atoms with E-state index in [1.807, 2.05) is 32.9 Å². The van der Waals surface area contributed by atoms with E-state index < -0.39 is 5.60 Å². The van der Waals surface area contributed by atoms with E-state index in [1.165, 1.54) is 0 Å². The number of Topliss-reactive ketones (excluding diaryl/α,β-unsaturated/α-hetero) is 1. The van der Waals surface area contributed by atoms with Gasteiger partial charge in [-0.15, -0.1) is 13.2 Å². The minimum absolute atomic E-state index is 0.0370. The summed E-state index contributed by atoms with van der Waals surface area (Å²) < 4.78 is 10.1. The third kappa shape index (κ3) is 8.34. The van der Waals surface area contributed by atoms with Crippen LogP contribution in [0.3, 0.4) is 0 Å². The molecule has 0 aliphatic heterocycles. The average molecular weight is 337 g/mol. The molecule has 0 amide bonds. The second-order valence-corrected chi connectivity index (χ2v) is 5.28. The van der Waals surface area contributed by atoms with E-state index in [2.05, 4.69) is 18.1 Å². The predicted molar refractivity (Wildman–Crippen MR) is 95.6 cm³/mol. The molecule has 1 aromatic heterocycles. The molecule has 136 valence electrons. The van der Waals surface area contributed by atoms with Gasteiger partial charge in [-0.3, -0.25) is 9.78 Å². The average Bonchev–Trinajstić information content (AvgIpc) is 2.61. The fourth-order valence-electron chi connectivity index (χ4n) is 2.41. The lowest BCUT2D eigenvalue weighted by molar-refractivity contribution is -0.125.